The molecular formula is C21H16ClN3O6. The Bertz CT molecular complexity index is 1190. The Morgan fingerprint density at radius 1 is 1.29 bits per heavy atom. The summed E-state index contributed by atoms with van der Waals surface area (Å²) in [5.41, 5.74) is 0.313. The zero-order valence-electron chi connectivity index (χ0n) is 16.3. The summed E-state index contributed by atoms with van der Waals surface area (Å²) in [6.45, 7) is 1.26. The van der Waals surface area contributed by atoms with Gasteiger partial charge in [-0.3, -0.25) is 24.6 Å². The Labute approximate surface area is 181 Å². The number of rotatable bonds is 6. The lowest BCUT2D eigenvalue weighted by atomic mass is 9.94. The Balaban J connectivity index is 2.01. The molecule has 2 aromatic rings. The van der Waals surface area contributed by atoms with Crippen LogP contribution in [-0.4, -0.2) is 39.9 Å². The maximum Gasteiger partial charge on any atom is 0.288 e. The van der Waals surface area contributed by atoms with Crippen molar-refractivity contribution in [2.75, 3.05) is 13.2 Å². The van der Waals surface area contributed by atoms with E-state index in [0.717, 1.165) is 4.90 Å². The van der Waals surface area contributed by atoms with E-state index in [0.29, 0.717) is 11.3 Å². The van der Waals surface area contributed by atoms with Crippen LogP contribution in [0.1, 0.15) is 19.1 Å². The van der Waals surface area contributed by atoms with E-state index in [4.69, 9.17) is 21.1 Å². The number of aliphatic hydroxyl groups is 1. The normalized spacial score (nSPS) is 15.5. The molecule has 2 amide bonds. The van der Waals surface area contributed by atoms with Crippen molar-refractivity contribution >= 4 is 35.2 Å². The van der Waals surface area contributed by atoms with Crippen LogP contribution in [0, 0.1) is 21.4 Å². The highest BCUT2D eigenvalue weighted by Crippen LogP contribution is 2.33. The van der Waals surface area contributed by atoms with E-state index in [-0.39, 0.29) is 52.8 Å². The van der Waals surface area contributed by atoms with Gasteiger partial charge in [-0.15, -0.1) is 0 Å². The van der Waals surface area contributed by atoms with E-state index < -0.39 is 16.7 Å². The predicted molar refractivity (Wildman–Crippen MR) is 111 cm³/mol. The van der Waals surface area contributed by atoms with E-state index in [9.17, 15) is 25.0 Å². The molecular weight excluding hydrogens is 426 g/mol. The van der Waals surface area contributed by atoms with E-state index in [1.54, 1.807) is 18.2 Å². The average Bonchev–Trinajstić information content (AvgIpc) is 3.20. The zero-order valence-corrected chi connectivity index (χ0v) is 17.0. The second-order valence-electron chi connectivity index (χ2n) is 6.63. The minimum Gasteiger partial charge on any atom is -0.457 e. The number of benzene rings is 1. The van der Waals surface area contributed by atoms with Gasteiger partial charge in [0.05, 0.1) is 4.92 Å². The number of nitro groups is 1. The van der Waals surface area contributed by atoms with Crippen molar-refractivity contribution in [2.24, 2.45) is 0 Å². The molecule has 31 heavy (non-hydrogen) atoms. The molecule has 0 spiro atoms. The topological polar surface area (TPSA) is 138 Å². The number of hydrogen-bond acceptors (Lipinski definition) is 7. The molecule has 1 N–H and O–H groups in total. The standard InChI is InChI=1S/C21H16ClN3O6/c1-12-15(20(27)24(7-2-8-26)21(28)16(12)11-23)10-14-4-6-19(31-14)13-3-5-17(22)18(9-13)25(29)30/h3-6,9-10,26H,2,7-8H2,1H3/b15-10+. The molecule has 0 fully saturated rings. The van der Waals surface area contributed by atoms with Crippen LogP contribution in [0.5, 0.6) is 0 Å². The van der Waals surface area contributed by atoms with Crippen LogP contribution in [0.15, 0.2) is 51.5 Å². The smallest absolute Gasteiger partial charge is 0.288 e. The van der Waals surface area contributed by atoms with Crippen molar-refractivity contribution in [3.05, 3.63) is 67.9 Å². The number of nitro benzene ring substituents is 1. The first-order chi connectivity index (χ1) is 14.8. The number of furan rings is 1. The summed E-state index contributed by atoms with van der Waals surface area (Å²) in [6.07, 6.45) is 1.59. The first-order valence-corrected chi connectivity index (χ1v) is 9.50. The summed E-state index contributed by atoms with van der Waals surface area (Å²) in [4.78, 5) is 36.7. The molecule has 0 aliphatic carbocycles. The van der Waals surface area contributed by atoms with Gasteiger partial charge in [0.25, 0.3) is 17.5 Å². The van der Waals surface area contributed by atoms with Gasteiger partial charge in [0, 0.05) is 30.4 Å². The van der Waals surface area contributed by atoms with Gasteiger partial charge in [-0.05, 0) is 49.3 Å². The van der Waals surface area contributed by atoms with Crippen molar-refractivity contribution < 1.29 is 24.0 Å². The summed E-state index contributed by atoms with van der Waals surface area (Å²) in [6, 6.07) is 9.18. The molecule has 0 radical (unpaired) electrons. The Kier molecular flexibility index (Phi) is 6.34. The van der Waals surface area contributed by atoms with Crippen LogP contribution in [0.4, 0.5) is 5.69 Å². The minimum absolute atomic E-state index is 0.00659. The summed E-state index contributed by atoms with van der Waals surface area (Å²) >= 11 is 5.84. The zero-order chi connectivity index (χ0) is 22.7. The SMILES string of the molecule is CC1=C(C#N)C(=O)N(CCCO)C(=O)/C1=C/c1ccc(-c2ccc(Cl)c([N+](=O)[O-])c2)o1. The highest BCUT2D eigenvalue weighted by atomic mass is 35.5. The van der Waals surface area contributed by atoms with Crippen molar-refractivity contribution in [2.45, 2.75) is 13.3 Å². The third-order valence-electron chi connectivity index (χ3n) is 4.71. The van der Waals surface area contributed by atoms with Crippen molar-refractivity contribution in [3.8, 4) is 17.4 Å². The Hall–Kier alpha value is -3.74. The molecule has 0 saturated heterocycles. The third kappa shape index (κ3) is 4.26. The minimum atomic E-state index is -0.704. The maximum absolute atomic E-state index is 12.8. The van der Waals surface area contributed by atoms with Crippen molar-refractivity contribution in [3.63, 3.8) is 0 Å². The lowest BCUT2D eigenvalue weighted by molar-refractivity contribution is -0.384. The fourth-order valence-electron chi connectivity index (χ4n) is 3.10. The van der Waals surface area contributed by atoms with E-state index in [2.05, 4.69) is 0 Å². The molecule has 1 aliphatic heterocycles. The van der Waals surface area contributed by atoms with Crippen molar-refractivity contribution in [1.29, 1.82) is 5.26 Å². The van der Waals surface area contributed by atoms with E-state index >= 15 is 0 Å². The molecule has 0 atom stereocenters. The first-order valence-electron chi connectivity index (χ1n) is 9.12. The second kappa shape index (κ2) is 8.95. The highest BCUT2D eigenvalue weighted by molar-refractivity contribution is 6.32. The van der Waals surface area contributed by atoms with Gasteiger partial charge in [-0.2, -0.15) is 5.26 Å². The van der Waals surface area contributed by atoms with Gasteiger partial charge >= 0.3 is 0 Å². The lowest BCUT2D eigenvalue weighted by Crippen LogP contribution is -2.43. The Morgan fingerprint density at radius 3 is 2.68 bits per heavy atom. The van der Waals surface area contributed by atoms with Crippen LogP contribution in [0.25, 0.3) is 17.4 Å². The number of nitrogens with zero attached hydrogens (tertiary/aromatic N) is 3. The van der Waals surface area contributed by atoms with Crippen LogP contribution in [0.3, 0.4) is 0 Å². The molecule has 1 aromatic carbocycles. The number of imide groups is 1. The summed E-state index contributed by atoms with van der Waals surface area (Å²) in [5.74, 6) is -0.742. The maximum atomic E-state index is 12.8. The molecule has 1 aromatic heterocycles. The van der Waals surface area contributed by atoms with Gasteiger partial charge < -0.3 is 9.52 Å². The first kappa shape index (κ1) is 22.0. The second-order valence-corrected chi connectivity index (χ2v) is 7.04. The molecule has 10 heteroatoms. The molecule has 0 unspecified atom stereocenters. The van der Waals surface area contributed by atoms with Gasteiger partial charge in [-0.1, -0.05) is 11.6 Å². The number of carbonyl (C=O) groups excluding carboxylic acids is 2. The predicted octanol–water partition coefficient (Wildman–Crippen LogP) is 3.48. The quantitative estimate of drug-likeness (QED) is 0.313. The van der Waals surface area contributed by atoms with Gasteiger partial charge in [-0.25, -0.2) is 0 Å². The molecule has 2 heterocycles. The van der Waals surface area contributed by atoms with Gasteiger partial charge in [0.2, 0.25) is 0 Å². The molecule has 0 saturated carbocycles. The fraction of sp³-hybridized carbons (Fsp3) is 0.190. The van der Waals surface area contributed by atoms with E-state index in [1.807, 2.05) is 6.07 Å². The van der Waals surface area contributed by atoms with Crippen LogP contribution < -0.4 is 0 Å². The number of aliphatic hydroxyl groups excluding tert-OH is 1. The third-order valence-corrected chi connectivity index (χ3v) is 5.03. The highest BCUT2D eigenvalue weighted by Gasteiger charge is 2.35. The monoisotopic (exact) mass is 441 g/mol. The molecule has 3 rings (SSSR count). The molecule has 0 bridgehead atoms. The van der Waals surface area contributed by atoms with Crippen molar-refractivity contribution in [1.82, 2.24) is 4.90 Å². The molecule has 9 nitrogen and oxygen atoms in total. The number of hydrogen-bond donors (Lipinski definition) is 1. The summed E-state index contributed by atoms with van der Waals surface area (Å²) in [5, 5.41) is 29.5. The molecule has 158 valence electrons. The van der Waals surface area contributed by atoms with Gasteiger partial charge in [0.1, 0.15) is 28.2 Å². The van der Waals surface area contributed by atoms with Crippen LogP contribution in [0.2, 0.25) is 5.02 Å². The average molecular weight is 442 g/mol. The molecule has 1 aliphatic rings. The number of halogens is 1. The largest absolute Gasteiger partial charge is 0.457 e. The van der Waals surface area contributed by atoms with Crippen LogP contribution in [-0.2, 0) is 9.59 Å². The van der Waals surface area contributed by atoms with Crippen LogP contribution >= 0.6 is 11.6 Å². The Morgan fingerprint density at radius 2 is 2.03 bits per heavy atom. The van der Waals surface area contributed by atoms with E-state index in [1.165, 1.54) is 25.1 Å². The summed E-state index contributed by atoms with van der Waals surface area (Å²) < 4.78 is 5.71. The summed E-state index contributed by atoms with van der Waals surface area (Å²) in [7, 11) is 0. The number of carbonyl (C=O) groups is 2. The number of nitriles is 1. The fourth-order valence-corrected chi connectivity index (χ4v) is 3.28. The lowest BCUT2D eigenvalue weighted by Gasteiger charge is -2.27. The van der Waals surface area contributed by atoms with Gasteiger partial charge in [0.15, 0.2) is 0 Å². The number of amides is 2.